The van der Waals surface area contributed by atoms with Crippen molar-refractivity contribution < 1.29 is 24.5 Å². The van der Waals surface area contributed by atoms with Crippen LogP contribution in [0.5, 0.6) is 0 Å². The Morgan fingerprint density at radius 2 is 0.862 bits per heavy atom. The topological polar surface area (TPSA) is 95.9 Å². The van der Waals surface area contributed by atoms with Gasteiger partial charge in [-0.05, 0) is 64.2 Å². The molecule has 58 heavy (non-hydrogen) atoms. The molecule has 0 heterocycles. The van der Waals surface area contributed by atoms with Crippen LogP contribution in [-0.4, -0.2) is 47.4 Å². The number of aliphatic hydroxyl groups excluding tert-OH is 2. The first-order valence-electron chi connectivity index (χ1n) is 25.3. The molecule has 0 aromatic carbocycles. The molecule has 0 fully saturated rings. The highest BCUT2D eigenvalue weighted by atomic mass is 16.5. The Morgan fingerprint density at radius 3 is 1.34 bits per heavy atom. The van der Waals surface area contributed by atoms with Gasteiger partial charge in [-0.3, -0.25) is 9.59 Å². The zero-order valence-electron chi connectivity index (χ0n) is 38.5. The van der Waals surface area contributed by atoms with Crippen molar-refractivity contribution in [2.45, 2.75) is 270 Å². The Bertz CT molecular complexity index is 946. The molecule has 0 spiro atoms. The van der Waals surface area contributed by atoms with Gasteiger partial charge >= 0.3 is 5.97 Å². The maximum atomic E-state index is 12.4. The SMILES string of the molecule is CCCCC/C=C\C/C=C\CCCCCCCC(=O)OCCCCCCCCCCCCCCC(=O)NC(CO)C(O)/C=C/CCCCCCCCCCCCCC. The minimum atomic E-state index is -0.855. The maximum absolute atomic E-state index is 12.4. The van der Waals surface area contributed by atoms with Crippen molar-refractivity contribution in [2.24, 2.45) is 0 Å². The van der Waals surface area contributed by atoms with Crippen LogP contribution in [0.4, 0.5) is 0 Å². The molecular weight excluding hydrogens is 719 g/mol. The zero-order valence-corrected chi connectivity index (χ0v) is 38.5. The average Bonchev–Trinajstić information content (AvgIpc) is 3.22. The summed E-state index contributed by atoms with van der Waals surface area (Å²) in [5.74, 6) is -0.111. The maximum Gasteiger partial charge on any atom is 0.305 e. The molecule has 0 saturated carbocycles. The Labute approximate surface area is 360 Å². The second kappa shape index (κ2) is 47.8. The highest BCUT2D eigenvalue weighted by Gasteiger charge is 2.18. The molecule has 0 aromatic rings. The number of hydrogen-bond donors (Lipinski definition) is 3. The summed E-state index contributed by atoms with van der Waals surface area (Å²) < 4.78 is 5.45. The van der Waals surface area contributed by atoms with Crippen molar-refractivity contribution in [3.8, 4) is 0 Å². The molecule has 0 saturated heterocycles. The number of rotatable bonds is 46. The van der Waals surface area contributed by atoms with E-state index in [-0.39, 0.29) is 18.5 Å². The van der Waals surface area contributed by atoms with Crippen LogP contribution in [0.3, 0.4) is 0 Å². The fraction of sp³-hybridized carbons (Fsp3) is 0.846. The summed E-state index contributed by atoms with van der Waals surface area (Å²) in [7, 11) is 0. The summed E-state index contributed by atoms with van der Waals surface area (Å²) in [6.07, 6.45) is 57.0. The quantitative estimate of drug-likeness (QED) is 0.0323. The molecule has 0 bridgehead atoms. The second-order valence-corrected chi connectivity index (χ2v) is 17.1. The van der Waals surface area contributed by atoms with Crippen LogP contribution < -0.4 is 5.32 Å². The average molecular weight is 816 g/mol. The molecule has 0 aliphatic rings. The molecule has 2 unspecified atom stereocenters. The number of carbonyl (C=O) groups is 2. The fourth-order valence-electron chi connectivity index (χ4n) is 7.49. The summed E-state index contributed by atoms with van der Waals surface area (Å²) in [6.45, 7) is 4.82. The first kappa shape index (κ1) is 56.1. The Kier molecular flexibility index (Phi) is 46.2. The Morgan fingerprint density at radius 1 is 0.483 bits per heavy atom. The molecule has 0 aliphatic carbocycles. The minimum Gasteiger partial charge on any atom is -0.466 e. The van der Waals surface area contributed by atoms with Gasteiger partial charge < -0.3 is 20.3 Å². The van der Waals surface area contributed by atoms with E-state index < -0.39 is 12.1 Å². The van der Waals surface area contributed by atoms with E-state index in [4.69, 9.17) is 4.74 Å². The lowest BCUT2D eigenvalue weighted by molar-refractivity contribution is -0.143. The van der Waals surface area contributed by atoms with Crippen molar-refractivity contribution in [3.05, 3.63) is 36.5 Å². The molecule has 340 valence electrons. The van der Waals surface area contributed by atoms with Gasteiger partial charge in [-0.2, -0.15) is 0 Å². The number of nitrogens with one attached hydrogen (secondary N) is 1. The van der Waals surface area contributed by atoms with E-state index in [1.807, 2.05) is 6.08 Å². The summed E-state index contributed by atoms with van der Waals surface area (Å²) >= 11 is 0. The predicted molar refractivity (Wildman–Crippen MR) is 250 cm³/mol. The van der Waals surface area contributed by atoms with E-state index in [0.717, 1.165) is 70.6 Å². The number of aliphatic hydroxyl groups is 2. The molecule has 3 N–H and O–H groups in total. The molecule has 6 nitrogen and oxygen atoms in total. The van der Waals surface area contributed by atoms with Crippen LogP contribution >= 0.6 is 0 Å². The fourth-order valence-corrected chi connectivity index (χ4v) is 7.49. The van der Waals surface area contributed by atoms with Crippen molar-refractivity contribution in [1.29, 1.82) is 0 Å². The van der Waals surface area contributed by atoms with Crippen LogP contribution in [0.15, 0.2) is 36.5 Å². The largest absolute Gasteiger partial charge is 0.466 e. The van der Waals surface area contributed by atoms with E-state index in [1.165, 1.54) is 161 Å². The molecule has 1 amide bonds. The molecule has 0 aromatic heterocycles. The summed E-state index contributed by atoms with van der Waals surface area (Å²) in [4.78, 5) is 24.4. The van der Waals surface area contributed by atoms with E-state index in [9.17, 15) is 19.8 Å². The van der Waals surface area contributed by atoms with Crippen molar-refractivity contribution in [1.82, 2.24) is 5.32 Å². The third-order valence-corrected chi connectivity index (χ3v) is 11.4. The lowest BCUT2D eigenvalue weighted by Gasteiger charge is -2.20. The summed E-state index contributed by atoms with van der Waals surface area (Å²) in [5, 5.41) is 23.0. The van der Waals surface area contributed by atoms with Gasteiger partial charge in [0.2, 0.25) is 5.91 Å². The number of hydrogen-bond acceptors (Lipinski definition) is 5. The molecule has 0 radical (unpaired) electrons. The molecule has 0 aliphatic heterocycles. The third kappa shape index (κ3) is 43.7. The van der Waals surface area contributed by atoms with Gasteiger partial charge in [0.05, 0.1) is 25.4 Å². The number of amides is 1. The Hall–Kier alpha value is -1.92. The van der Waals surface area contributed by atoms with Crippen molar-refractivity contribution in [3.63, 3.8) is 0 Å². The highest BCUT2D eigenvalue weighted by molar-refractivity contribution is 5.76. The summed E-state index contributed by atoms with van der Waals surface area (Å²) in [5.41, 5.74) is 0. The van der Waals surface area contributed by atoms with Crippen LogP contribution in [0.25, 0.3) is 0 Å². The van der Waals surface area contributed by atoms with Crippen LogP contribution in [0, 0.1) is 0 Å². The number of carbonyl (C=O) groups excluding carboxylic acids is 2. The van der Waals surface area contributed by atoms with Crippen molar-refractivity contribution >= 4 is 11.9 Å². The number of allylic oxidation sites excluding steroid dienone is 5. The number of ether oxygens (including phenoxy) is 1. The standard InChI is InChI=1S/C52H97NO5/c1-3-5-7-9-11-13-15-17-19-21-26-30-34-38-42-46-52(57)58-47-43-39-35-31-27-23-22-25-29-33-37-41-45-51(56)53-49(48-54)50(55)44-40-36-32-28-24-20-18-16-14-12-10-8-6-4-2/h11,13,17,19,40,44,49-50,54-55H,3-10,12,14-16,18,20-39,41-43,45-48H2,1-2H3,(H,53,56)/b13-11-,19-17-,44-40+. The first-order valence-corrected chi connectivity index (χ1v) is 25.3. The van der Waals surface area contributed by atoms with Crippen LogP contribution in [0.1, 0.15) is 258 Å². The molecular formula is C52H97NO5. The van der Waals surface area contributed by atoms with Gasteiger partial charge in [0.25, 0.3) is 0 Å². The van der Waals surface area contributed by atoms with Crippen LogP contribution in [-0.2, 0) is 14.3 Å². The minimum absolute atomic E-state index is 0.0254. The lowest BCUT2D eigenvalue weighted by atomic mass is 10.0. The first-order chi connectivity index (χ1) is 28.5. The van der Waals surface area contributed by atoms with Gasteiger partial charge in [0, 0.05) is 12.8 Å². The highest BCUT2D eigenvalue weighted by Crippen LogP contribution is 2.15. The monoisotopic (exact) mass is 816 g/mol. The van der Waals surface area contributed by atoms with E-state index >= 15 is 0 Å². The van der Waals surface area contributed by atoms with Gasteiger partial charge in [0.1, 0.15) is 0 Å². The molecule has 0 rings (SSSR count). The van der Waals surface area contributed by atoms with E-state index in [0.29, 0.717) is 19.4 Å². The van der Waals surface area contributed by atoms with Gasteiger partial charge in [0.15, 0.2) is 0 Å². The van der Waals surface area contributed by atoms with Crippen molar-refractivity contribution in [2.75, 3.05) is 13.2 Å². The number of unbranched alkanes of at least 4 members (excludes halogenated alkanes) is 31. The smallest absolute Gasteiger partial charge is 0.305 e. The number of esters is 1. The predicted octanol–water partition coefficient (Wildman–Crippen LogP) is 14.9. The van der Waals surface area contributed by atoms with Gasteiger partial charge in [-0.1, -0.05) is 217 Å². The molecule has 2 atom stereocenters. The zero-order chi connectivity index (χ0) is 42.3. The normalized spacial score (nSPS) is 13.0. The summed E-state index contributed by atoms with van der Waals surface area (Å²) in [6, 6.07) is -0.640. The van der Waals surface area contributed by atoms with Crippen LogP contribution in [0.2, 0.25) is 0 Å². The lowest BCUT2D eigenvalue weighted by Crippen LogP contribution is -2.45. The second-order valence-electron chi connectivity index (χ2n) is 17.1. The molecule has 6 heteroatoms. The Balaban J connectivity index is 3.51. The van der Waals surface area contributed by atoms with E-state index in [2.05, 4.69) is 43.5 Å². The third-order valence-electron chi connectivity index (χ3n) is 11.4. The van der Waals surface area contributed by atoms with Gasteiger partial charge in [-0.15, -0.1) is 0 Å². The van der Waals surface area contributed by atoms with Gasteiger partial charge in [-0.25, -0.2) is 0 Å². The van der Waals surface area contributed by atoms with E-state index in [1.54, 1.807) is 6.08 Å².